The van der Waals surface area contributed by atoms with Crippen molar-refractivity contribution >= 4 is 51.7 Å². The van der Waals surface area contributed by atoms with Gasteiger partial charge in [0, 0.05) is 28.7 Å². The number of aromatic nitrogens is 3. The Kier molecular flexibility index (Phi) is 7.49. The van der Waals surface area contributed by atoms with Crippen LogP contribution in [-0.4, -0.2) is 45.4 Å². The number of fused-ring (bicyclic) bond motifs is 1. The molecule has 0 atom stereocenters. The zero-order valence-corrected chi connectivity index (χ0v) is 20.4. The fourth-order valence-electron chi connectivity index (χ4n) is 3.40. The highest BCUT2D eigenvalue weighted by atomic mass is 35.5. The van der Waals surface area contributed by atoms with E-state index in [-0.39, 0.29) is 40.0 Å². The molecule has 4 N–H and O–H groups in total. The Bertz CT molecular complexity index is 1520. The maximum Gasteiger partial charge on any atom is 0.318 e. The zero-order chi connectivity index (χ0) is 25.8. The number of pyridine rings is 1. The standard InChI is InChI=1S/C24H20Cl2N6O4/c1-36-24-28-12-15-10-17(22(34)30-20(15)31-24)21(33)29-19-11-14(5-6-18(19)26)23(35)32(27)8-7-13-3-2-4-16(25)9-13/h2-6,9-12H,7-8,27H2,1H3,(H,29,33)(H,28,30,31,34). The lowest BCUT2D eigenvalue weighted by molar-refractivity contribution is 0.0757. The first-order valence-corrected chi connectivity index (χ1v) is 11.4. The number of carbonyl (C=O) groups is 2. The summed E-state index contributed by atoms with van der Waals surface area (Å²) in [7, 11) is 1.40. The monoisotopic (exact) mass is 526 g/mol. The fraction of sp³-hybridized carbons (Fsp3) is 0.125. The quantitative estimate of drug-likeness (QED) is 0.190. The first-order chi connectivity index (χ1) is 17.2. The molecule has 0 fully saturated rings. The normalized spacial score (nSPS) is 10.8. The largest absolute Gasteiger partial charge is 0.467 e. The second-order valence-corrected chi connectivity index (χ2v) is 8.54. The molecule has 4 aromatic rings. The third-order valence-electron chi connectivity index (χ3n) is 5.25. The number of amides is 2. The van der Waals surface area contributed by atoms with E-state index in [4.69, 9.17) is 33.8 Å². The molecule has 0 saturated heterocycles. The Morgan fingerprint density at radius 3 is 2.72 bits per heavy atom. The molecule has 10 nitrogen and oxygen atoms in total. The molecule has 2 amide bonds. The number of ether oxygens (including phenoxy) is 1. The lowest BCUT2D eigenvalue weighted by atomic mass is 10.1. The number of H-pyrrole nitrogens is 1. The van der Waals surface area contributed by atoms with Gasteiger partial charge in [0.15, 0.2) is 0 Å². The average Bonchev–Trinajstić information content (AvgIpc) is 2.87. The molecule has 4 rings (SSSR count). The van der Waals surface area contributed by atoms with E-state index in [9.17, 15) is 14.4 Å². The molecular formula is C24H20Cl2N6O4. The number of nitrogens with zero attached hydrogens (tertiary/aromatic N) is 3. The van der Waals surface area contributed by atoms with Gasteiger partial charge in [-0.1, -0.05) is 35.3 Å². The second kappa shape index (κ2) is 10.7. The first kappa shape index (κ1) is 25.1. The van der Waals surface area contributed by atoms with Crippen molar-refractivity contribution in [2.45, 2.75) is 6.42 Å². The summed E-state index contributed by atoms with van der Waals surface area (Å²) in [5.74, 6) is 4.77. The molecule has 2 heterocycles. The summed E-state index contributed by atoms with van der Waals surface area (Å²) >= 11 is 12.2. The van der Waals surface area contributed by atoms with E-state index in [1.165, 1.54) is 37.6 Å². The number of hydrazine groups is 1. The van der Waals surface area contributed by atoms with E-state index in [1.54, 1.807) is 12.1 Å². The van der Waals surface area contributed by atoms with Crippen LogP contribution in [0.25, 0.3) is 11.0 Å². The molecule has 0 aliphatic rings. The topological polar surface area (TPSA) is 143 Å². The van der Waals surface area contributed by atoms with Crippen LogP contribution in [0.4, 0.5) is 5.69 Å². The third kappa shape index (κ3) is 5.62. The number of nitrogens with two attached hydrogens (primary N) is 1. The highest BCUT2D eigenvalue weighted by molar-refractivity contribution is 6.34. The minimum atomic E-state index is -0.731. The van der Waals surface area contributed by atoms with Gasteiger partial charge in [-0.3, -0.25) is 19.4 Å². The molecule has 36 heavy (non-hydrogen) atoms. The van der Waals surface area contributed by atoms with Crippen LogP contribution >= 0.6 is 23.2 Å². The van der Waals surface area contributed by atoms with Gasteiger partial charge in [0.2, 0.25) is 0 Å². The zero-order valence-electron chi connectivity index (χ0n) is 18.9. The Labute approximate surface area is 215 Å². The van der Waals surface area contributed by atoms with Crippen molar-refractivity contribution in [3.05, 3.63) is 91.8 Å². The predicted octanol–water partition coefficient (Wildman–Crippen LogP) is 3.44. The molecule has 0 spiro atoms. The van der Waals surface area contributed by atoms with E-state index in [0.29, 0.717) is 16.8 Å². The van der Waals surface area contributed by atoms with Crippen molar-refractivity contribution in [1.29, 1.82) is 0 Å². The molecule has 0 bridgehead atoms. The van der Waals surface area contributed by atoms with Gasteiger partial charge in [-0.25, -0.2) is 10.8 Å². The summed E-state index contributed by atoms with van der Waals surface area (Å²) < 4.78 is 4.94. The summed E-state index contributed by atoms with van der Waals surface area (Å²) in [6.45, 7) is 0.239. The Hall–Kier alpha value is -3.99. The average molecular weight is 527 g/mol. The van der Waals surface area contributed by atoms with Crippen LogP contribution in [-0.2, 0) is 6.42 Å². The summed E-state index contributed by atoms with van der Waals surface area (Å²) in [5.41, 5.74) is 0.635. The summed E-state index contributed by atoms with van der Waals surface area (Å²) in [6, 6.07) is 13.0. The number of aromatic amines is 1. The molecule has 0 aliphatic heterocycles. The SMILES string of the molecule is COc1ncc2cc(C(=O)Nc3cc(C(=O)N(N)CCc4cccc(Cl)c4)ccc3Cl)c(=O)[nH]c2n1. The van der Waals surface area contributed by atoms with Gasteiger partial charge in [0.25, 0.3) is 17.4 Å². The van der Waals surface area contributed by atoms with Crippen molar-refractivity contribution < 1.29 is 14.3 Å². The molecule has 0 saturated carbocycles. The number of rotatable bonds is 7. The van der Waals surface area contributed by atoms with Crippen molar-refractivity contribution in [3.63, 3.8) is 0 Å². The number of nitrogens with one attached hydrogen (secondary N) is 2. The lowest BCUT2D eigenvalue weighted by Gasteiger charge is -2.17. The number of benzene rings is 2. The second-order valence-electron chi connectivity index (χ2n) is 7.70. The van der Waals surface area contributed by atoms with Gasteiger partial charge in [-0.2, -0.15) is 4.98 Å². The van der Waals surface area contributed by atoms with Crippen molar-refractivity contribution in [2.24, 2.45) is 5.84 Å². The molecular weight excluding hydrogens is 507 g/mol. The van der Waals surface area contributed by atoms with Gasteiger partial charge in [-0.15, -0.1) is 0 Å². The molecule has 0 radical (unpaired) electrons. The van der Waals surface area contributed by atoms with Crippen LogP contribution in [0.5, 0.6) is 6.01 Å². The van der Waals surface area contributed by atoms with E-state index in [2.05, 4.69) is 20.3 Å². The predicted molar refractivity (Wildman–Crippen MR) is 136 cm³/mol. The van der Waals surface area contributed by atoms with Crippen LogP contribution in [0.15, 0.2) is 59.5 Å². The third-order valence-corrected chi connectivity index (χ3v) is 5.82. The van der Waals surface area contributed by atoms with Gasteiger partial charge in [0.05, 0.1) is 17.8 Å². The van der Waals surface area contributed by atoms with E-state index >= 15 is 0 Å². The number of methoxy groups -OCH3 is 1. The van der Waals surface area contributed by atoms with Gasteiger partial charge < -0.3 is 15.0 Å². The minimum Gasteiger partial charge on any atom is -0.467 e. The van der Waals surface area contributed by atoms with E-state index in [0.717, 1.165) is 10.6 Å². The molecule has 0 unspecified atom stereocenters. The van der Waals surface area contributed by atoms with Crippen LogP contribution in [0.2, 0.25) is 10.0 Å². The molecule has 2 aromatic heterocycles. The van der Waals surface area contributed by atoms with Gasteiger partial charge in [-0.05, 0) is 48.4 Å². The maximum absolute atomic E-state index is 12.9. The first-order valence-electron chi connectivity index (χ1n) is 10.6. The molecule has 2 aromatic carbocycles. The van der Waals surface area contributed by atoms with Crippen LogP contribution < -0.4 is 21.5 Å². The summed E-state index contributed by atoms with van der Waals surface area (Å²) in [6.07, 6.45) is 1.92. The van der Waals surface area contributed by atoms with Crippen LogP contribution in [0, 0.1) is 0 Å². The van der Waals surface area contributed by atoms with Crippen LogP contribution in [0.1, 0.15) is 26.3 Å². The smallest absolute Gasteiger partial charge is 0.318 e. The van der Waals surface area contributed by atoms with Gasteiger partial charge >= 0.3 is 6.01 Å². The lowest BCUT2D eigenvalue weighted by Crippen LogP contribution is -2.39. The molecule has 0 aliphatic carbocycles. The molecule has 184 valence electrons. The van der Waals surface area contributed by atoms with Crippen molar-refractivity contribution in [1.82, 2.24) is 20.0 Å². The highest BCUT2D eigenvalue weighted by Gasteiger charge is 2.18. The number of hydrogen-bond acceptors (Lipinski definition) is 7. The number of hydrogen-bond donors (Lipinski definition) is 3. The summed E-state index contributed by atoms with van der Waals surface area (Å²) in [5, 5.41) is 4.83. The summed E-state index contributed by atoms with van der Waals surface area (Å²) in [4.78, 5) is 48.7. The Balaban J connectivity index is 1.51. The number of anilines is 1. The maximum atomic E-state index is 12.9. The van der Waals surface area contributed by atoms with Gasteiger partial charge in [0.1, 0.15) is 11.2 Å². The van der Waals surface area contributed by atoms with Crippen molar-refractivity contribution in [2.75, 3.05) is 19.0 Å². The Morgan fingerprint density at radius 2 is 1.97 bits per heavy atom. The molecule has 12 heteroatoms. The van der Waals surface area contributed by atoms with E-state index in [1.807, 2.05) is 12.1 Å². The Morgan fingerprint density at radius 1 is 1.17 bits per heavy atom. The number of carbonyl (C=O) groups excluding carboxylic acids is 2. The minimum absolute atomic E-state index is 0.0742. The fourth-order valence-corrected chi connectivity index (χ4v) is 3.77. The number of halogens is 2. The van der Waals surface area contributed by atoms with E-state index < -0.39 is 17.4 Å². The van der Waals surface area contributed by atoms with Crippen molar-refractivity contribution in [3.8, 4) is 6.01 Å². The van der Waals surface area contributed by atoms with Crippen LogP contribution in [0.3, 0.4) is 0 Å². The highest BCUT2D eigenvalue weighted by Crippen LogP contribution is 2.24.